The highest BCUT2D eigenvalue weighted by atomic mass is 16.5. The van der Waals surface area contributed by atoms with Gasteiger partial charge in [-0.3, -0.25) is 14.4 Å². The molecule has 0 spiro atoms. The largest absolute Gasteiger partial charge is 0.472 e. The first-order valence-electron chi connectivity index (χ1n) is 10.4. The molecule has 3 unspecified atom stereocenters. The van der Waals surface area contributed by atoms with Crippen LogP contribution >= 0.6 is 0 Å². The molecule has 2 saturated heterocycles. The van der Waals surface area contributed by atoms with E-state index in [9.17, 15) is 14.4 Å². The summed E-state index contributed by atoms with van der Waals surface area (Å²) in [6.07, 6.45) is 10.6. The van der Waals surface area contributed by atoms with Gasteiger partial charge in [0.1, 0.15) is 25.0 Å². The number of fused-ring (bicyclic) bond motifs is 1. The predicted octanol–water partition coefficient (Wildman–Crippen LogP) is 2.31. The first-order valence-corrected chi connectivity index (χ1v) is 10.4. The highest BCUT2D eigenvalue weighted by molar-refractivity contribution is 5.98. The zero-order valence-corrected chi connectivity index (χ0v) is 16.1. The van der Waals surface area contributed by atoms with Crippen LogP contribution in [-0.2, 0) is 14.3 Å². The Kier molecular flexibility index (Phi) is 5.80. The number of piperidine rings is 1. The van der Waals surface area contributed by atoms with Crippen molar-refractivity contribution in [2.45, 2.75) is 69.6 Å². The third-order valence-electron chi connectivity index (χ3n) is 6.31. The molecule has 2 aliphatic heterocycles. The van der Waals surface area contributed by atoms with Gasteiger partial charge in [0.15, 0.2) is 5.78 Å². The fraction of sp³-hybridized carbons (Fsp3) is 0.667. The van der Waals surface area contributed by atoms with Crippen LogP contribution in [0.4, 0.5) is 0 Å². The molecule has 152 valence electrons. The van der Waals surface area contributed by atoms with Gasteiger partial charge in [-0.25, -0.2) is 0 Å². The lowest BCUT2D eigenvalue weighted by atomic mass is 9.84. The Morgan fingerprint density at radius 1 is 1.18 bits per heavy atom. The number of likely N-dealkylation sites (tertiary alicyclic amines) is 1. The van der Waals surface area contributed by atoms with Crippen LogP contribution in [0.25, 0.3) is 0 Å². The van der Waals surface area contributed by atoms with Crippen molar-refractivity contribution in [3.05, 3.63) is 24.2 Å². The van der Waals surface area contributed by atoms with E-state index in [4.69, 9.17) is 9.15 Å². The highest BCUT2D eigenvalue weighted by Crippen LogP contribution is 2.30. The average molecular weight is 388 g/mol. The topological polar surface area (TPSA) is 88.9 Å². The molecule has 3 fully saturated rings. The van der Waals surface area contributed by atoms with E-state index < -0.39 is 12.1 Å². The third kappa shape index (κ3) is 3.99. The van der Waals surface area contributed by atoms with Crippen molar-refractivity contribution in [2.24, 2.45) is 5.92 Å². The second-order valence-electron chi connectivity index (χ2n) is 8.21. The van der Waals surface area contributed by atoms with Crippen molar-refractivity contribution in [3.8, 4) is 0 Å². The number of carbonyl (C=O) groups is 3. The monoisotopic (exact) mass is 388 g/mol. The number of ketones is 1. The summed E-state index contributed by atoms with van der Waals surface area (Å²) in [5.41, 5.74) is 0.401. The van der Waals surface area contributed by atoms with E-state index >= 15 is 0 Å². The molecule has 3 heterocycles. The van der Waals surface area contributed by atoms with Gasteiger partial charge in [-0.15, -0.1) is 0 Å². The van der Waals surface area contributed by atoms with Crippen LogP contribution in [0.1, 0.15) is 61.7 Å². The summed E-state index contributed by atoms with van der Waals surface area (Å²) in [4.78, 5) is 40.0. The molecule has 4 rings (SSSR count). The minimum atomic E-state index is -0.627. The van der Waals surface area contributed by atoms with Gasteiger partial charge < -0.3 is 19.4 Å². The first kappa shape index (κ1) is 19.2. The van der Waals surface area contributed by atoms with Crippen LogP contribution in [0.5, 0.6) is 0 Å². The van der Waals surface area contributed by atoms with E-state index in [1.54, 1.807) is 11.0 Å². The summed E-state index contributed by atoms with van der Waals surface area (Å²) in [6.45, 7) is 0.617. The van der Waals surface area contributed by atoms with Crippen molar-refractivity contribution < 1.29 is 23.5 Å². The zero-order valence-electron chi connectivity index (χ0n) is 16.1. The Bertz CT molecular complexity index is 710. The molecule has 1 N–H and O–H groups in total. The third-order valence-corrected chi connectivity index (χ3v) is 6.31. The molecule has 0 aromatic carbocycles. The summed E-state index contributed by atoms with van der Waals surface area (Å²) in [7, 11) is 0. The van der Waals surface area contributed by atoms with Gasteiger partial charge in [0.05, 0.1) is 17.9 Å². The van der Waals surface area contributed by atoms with Crippen molar-refractivity contribution in [1.29, 1.82) is 0 Å². The number of nitrogens with one attached hydrogen (secondary N) is 1. The minimum absolute atomic E-state index is 0.0318. The molecule has 2 amide bonds. The van der Waals surface area contributed by atoms with Gasteiger partial charge in [0, 0.05) is 6.54 Å². The van der Waals surface area contributed by atoms with E-state index in [0.29, 0.717) is 24.4 Å². The molecule has 3 aliphatic rings. The molecule has 1 aliphatic carbocycles. The summed E-state index contributed by atoms with van der Waals surface area (Å²) in [5.74, 6) is -0.0828. The number of carbonyl (C=O) groups excluding carboxylic acids is 3. The quantitative estimate of drug-likeness (QED) is 0.836. The Balaban J connectivity index is 1.51. The first-order chi connectivity index (χ1) is 13.6. The number of hydrogen-bond acceptors (Lipinski definition) is 5. The lowest BCUT2D eigenvalue weighted by Gasteiger charge is -2.38. The fourth-order valence-electron chi connectivity index (χ4n) is 4.85. The Morgan fingerprint density at radius 2 is 2.00 bits per heavy atom. The number of nitrogens with zero attached hydrogens (tertiary/aromatic N) is 1. The van der Waals surface area contributed by atoms with Crippen LogP contribution in [0, 0.1) is 5.92 Å². The maximum absolute atomic E-state index is 13.4. The van der Waals surface area contributed by atoms with E-state index in [-0.39, 0.29) is 30.3 Å². The summed E-state index contributed by atoms with van der Waals surface area (Å²) in [6, 6.07) is 0.460. The molecule has 0 radical (unpaired) electrons. The van der Waals surface area contributed by atoms with Crippen LogP contribution in [0.15, 0.2) is 23.0 Å². The Hall–Kier alpha value is -2.15. The van der Waals surface area contributed by atoms with Crippen LogP contribution in [0.2, 0.25) is 0 Å². The molecule has 28 heavy (non-hydrogen) atoms. The summed E-state index contributed by atoms with van der Waals surface area (Å²) >= 11 is 0. The lowest BCUT2D eigenvalue weighted by Crippen LogP contribution is -2.58. The van der Waals surface area contributed by atoms with E-state index in [2.05, 4.69) is 5.32 Å². The fourth-order valence-corrected chi connectivity index (χ4v) is 4.85. The standard InChI is InChI=1S/C21H28N2O5/c24-17-13-28-18-7-4-9-23(19(17)18)21(26)16(11-14-5-2-1-3-6-14)22-20(25)15-8-10-27-12-15/h8,10,12,14,16,18-19H,1-7,9,11,13H2,(H,22,25). The SMILES string of the molecule is O=C(NC(CC1CCCCC1)C(=O)N1CCCC2OCC(=O)C21)c1ccoc1. The van der Waals surface area contributed by atoms with Gasteiger partial charge in [-0.1, -0.05) is 32.1 Å². The second kappa shape index (κ2) is 8.47. The molecule has 7 nitrogen and oxygen atoms in total. The number of Topliss-reactive ketones (excluding diaryl/α,β-unsaturated/α-hetero) is 1. The van der Waals surface area contributed by atoms with Crippen LogP contribution < -0.4 is 5.32 Å². The smallest absolute Gasteiger partial charge is 0.255 e. The maximum atomic E-state index is 13.4. The number of furan rings is 1. The van der Waals surface area contributed by atoms with Gasteiger partial charge >= 0.3 is 0 Å². The molecule has 0 bridgehead atoms. The molecule has 1 aromatic rings. The summed E-state index contributed by atoms with van der Waals surface area (Å²) < 4.78 is 10.6. The van der Waals surface area contributed by atoms with Crippen molar-refractivity contribution in [3.63, 3.8) is 0 Å². The molecular weight excluding hydrogens is 360 g/mol. The molecule has 7 heteroatoms. The number of ether oxygens (including phenoxy) is 1. The van der Waals surface area contributed by atoms with Gasteiger partial charge in [0.2, 0.25) is 5.91 Å². The summed E-state index contributed by atoms with van der Waals surface area (Å²) in [5, 5.41) is 2.92. The van der Waals surface area contributed by atoms with Gasteiger partial charge in [-0.2, -0.15) is 0 Å². The van der Waals surface area contributed by atoms with Crippen LogP contribution in [0.3, 0.4) is 0 Å². The number of hydrogen-bond donors (Lipinski definition) is 1. The molecule has 3 atom stereocenters. The van der Waals surface area contributed by atoms with Crippen molar-refractivity contribution in [2.75, 3.05) is 13.2 Å². The minimum Gasteiger partial charge on any atom is -0.472 e. The second-order valence-corrected chi connectivity index (χ2v) is 8.21. The highest BCUT2D eigenvalue weighted by Gasteiger charge is 2.46. The van der Waals surface area contributed by atoms with E-state index in [1.165, 1.54) is 31.8 Å². The Morgan fingerprint density at radius 3 is 2.75 bits per heavy atom. The number of rotatable bonds is 5. The average Bonchev–Trinajstić information content (AvgIpc) is 3.38. The van der Waals surface area contributed by atoms with Gasteiger partial charge in [-0.05, 0) is 31.2 Å². The maximum Gasteiger partial charge on any atom is 0.255 e. The lowest BCUT2D eigenvalue weighted by molar-refractivity contribution is -0.142. The van der Waals surface area contributed by atoms with E-state index in [1.807, 2.05) is 0 Å². The molecular formula is C21H28N2O5. The molecule has 1 aromatic heterocycles. The zero-order chi connectivity index (χ0) is 19.5. The Labute approximate surface area is 164 Å². The van der Waals surface area contributed by atoms with Gasteiger partial charge in [0.25, 0.3) is 5.91 Å². The van der Waals surface area contributed by atoms with E-state index in [0.717, 1.165) is 25.7 Å². The predicted molar refractivity (Wildman–Crippen MR) is 101 cm³/mol. The van der Waals surface area contributed by atoms with Crippen molar-refractivity contribution in [1.82, 2.24) is 10.2 Å². The van der Waals surface area contributed by atoms with Crippen molar-refractivity contribution >= 4 is 17.6 Å². The number of amides is 2. The van der Waals surface area contributed by atoms with Crippen LogP contribution in [-0.4, -0.2) is 53.8 Å². The molecule has 1 saturated carbocycles. The normalized spacial score (nSPS) is 26.7.